The van der Waals surface area contributed by atoms with E-state index in [1.165, 1.54) is 37.7 Å². The van der Waals surface area contributed by atoms with Crippen LogP contribution in [0, 0.1) is 5.41 Å². The Balaban J connectivity index is 0.00000341. The molecule has 1 heterocycles. The number of hydrogen-bond acceptors (Lipinski definition) is 4. The molecule has 31 heavy (non-hydrogen) atoms. The maximum Gasteiger partial charge on any atom is 0.191 e. The van der Waals surface area contributed by atoms with E-state index in [1.807, 2.05) is 0 Å². The summed E-state index contributed by atoms with van der Waals surface area (Å²) in [5, 5.41) is 16.6. The van der Waals surface area contributed by atoms with Crippen LogP contribution in [0.4, 0.5) is 0 Å². The van der Waals surface area contributed by atoms with Gasteiger partial charge in [-0.15, -0.1) is 24.0 Å². The van der Waals surface area contributed by atoms with Crippen molar-refractivity contribution in [2.75, 3.05) is 52.5 Å². The Kier molecular flexibility index (Phi) is 12.1. The molecule has 1 aliphatic carbocycles. The van der Waals surface area contributed by atoms with Crippen LogP contribution < -0.4 is 10.6 Å². The van der Waals surface area contributed by atoms with Crippen molar-refractivity contribution in [3.8, 4) is 0 Å². The van der Waals surface area contributed by atoms with Gasteiger partial charge >= 0.3 is 0 Å². The molecule has 1 aromatic rings. The zero-order valence-electron chi connectivity index (χ0n) is 19.0. The van der Waals surface area contributed by atoms with Crippen LogP contribution in [0.15, 0.2) is 35.3 Å². The molecule has 2 aliphatic rings. The molecule has 7 heteroatoms. The molecule has 0 spiro atoms. The fourth-order valence-corrected chi connectivity index (χ4v) is 4.83. The van der Waals surface area contributed by atoms with Crippen LogP contribution in [0.1, 0.15) is 57.1 Å². The monoisotopic (exact) mass is 544 g/mol. The molecule has 0 radical (unpaired) electrons. The summed E-state index contributed by atoms with van der Waals surface area (Å²) in [6, 6.07) is 11.0. The highest BCUT2D eigenvalue weighted by Crippen LogP contribution is 2.39. The molecule has 1 unspecified atom stereocenters. The first-order valence-corrected chi connectivity index (χ1v) is 11.8. The van der Waals surface area contributed by atoms with Crippen LogP contribution in [0.3, 0.4) is 0 Å². The second kappa shape index (κ2) is 14.3. The summed E-state index contributed by atoms with van der Waals surface area (Å²) in [6.07, 6.45) is 7.04. The van der Waals surface area contributed by atoms with Gasteiger partial charge in [-0.3, -0.25) is 9.89 Å². The van der Waals surface area contributed by atoms with Gasteiger partial charge in [0.1, 0.15) is 0 Å². The Hall–Kier alpha value is -0.900. The number of aliphatic hydroxyl groups is 1. The van der Waals surface area contributed by atoms with E-state index in [2.05, 4.69) is 52.8 Å². The van der Waals surface area contributed by atoms with E-state index in [0.29, 0.717) is 6.04 Å². The van der Waals surface area contributed by atoms with Crippen LogP contribution in [-0.4, -0.2) is 68.5 Å². The predicted molar refractivity (Wildman–Crippen MR) is 138 cm³/mol. The Labute approximate surface area is 205 Å². The summed E-state index contributed by atoms with van der Waals surface area (Å²) in [5.41, 5.74) is 1.49. The summed E-state index contributed by atoms with van der Waals surface area (Å²) in [4.78, 5) is 7.48. The number of nitrogens with one attached hydrogen (secondary N) is 2. The summed E-state index contributed by atoms with van der Waals surface area (Å²) < 4.78 is 5.57. The lowest BCUT2D eigenvalue weighted by molar-refractivity contribution is 0.0170. The van der Waals surface area contributed by atoms with Gasteiger partial charge < -0.3 is 20.5 Å². The highest BCUT2D eigenvalue weighted by Gasteiger charge is 2.31. The molecule has 3 N–H and O–H groups in total. The van der Waals surface area contributed by atoms with Crippen LogP contribution in [-0.2, 0) is 4.74 Å². The standard InChI is InChI=1S/C24H40N4O2.HI/c1-2-25-23(27-20-24(13-16-29)11-7-4-8-12-24)26-19-22(21-9-5-3-6-10-21)28-14-17-30-18-15-28;/h3,5-6,9-10,22,29H,2,4,7-8,11-20H2,1H3,(H2,25,26,27);1H. The van der Waals surface area contributed by atoms with Gasteiger partial charge in [-0.1, -0.05) is 49.6 Å². The van der Waals surface area contributed by atoms with Gasteiger partial charge in [-0.05, 0) is 37.2 Å². The minimum absolute atomic E-state index is 0. The van der Waals surface area contributed by atoms with Crippen molar-refractivity contribution in [1.82, 2.24) is 15.5 Å². The van der Waals surface area contributed by atoms with Gasteiger partial charge in [0.15, 0.2) is 5.96 Å². The van der Waals surface area contributed by atoms with E-state index in [1.54, 1.807) is 0 Å². The maximum atomic E-state index is 9.60. The number of aliphatic imine (C=N–C) groups is 1. The van der Waals surface area contributed by atoms with E-state index in [-0.39, 0.29) is 36.0 Å². The number of ether oxygens (including phenoxy) is 1. The number of benzene rings is 1. The molecular formula is C24H41IN4O2. The van der Waals surface area contributed by atoms with Crippen molar-refractivity contribution < 1.29 is 9.84 Å². The smallest absolute Gasteiger partial charge is 0.191 e. The Morgan fingerprint density at radius 1 is 1.13 bits per heavy atom. The molecule has 0 amide bonds. The quantitative estimate of drug-likeness (QED) is 0.252. The van der Waals surface area contributed by atoms with Crippen LogP contribution in [0.25, 0.3) is 0 Å². The van der Waals surface area contributed by atoms with E-state index in [0.717, 1.165) is 58.3 Å². The third kappa shape index (κ3) is 8.18. The van der Waals surface area contributed by atoms with Gasteiger partial charge in [0.05, 0.1) is 19.3 Å². The van der Waals surface area contributed by atoms with Crippen LogP contribution in [0.5, 0.6) is 0 Å². The number of hydrogen-bond donors (Lipinski definition) is 3. The molecule has 0 aromatic heterocycles. The fourth-order valence-electron chi connectivity index (χ4n) is 4.83. The van der Waals surface area contributed by atoms with Gasteiger partial charge in [0.2, 0.25) is 0 Å². The zero-order chi connectivity index (χ0) is 21.1. The van der Waals surface area contributed by atoms with Crippen LogP contribution >= 0.6 is 24.0 Å². The SMILES string of the molecule is CCNC(=NCC1(CCO)CCCCC1)NCC(c1ccccc1)N1CCOCC1.I. The third-order valence-electron chi connectivity index (χ3n) is 6.61. The number of rotatable bonds is 9. The molecule has 1 saturated carbocycles. The van der Waals surface area contributed by atoms with Gasteiger partial charge in [0.25, 0.3) is 0 Å². The molecule has 1 aliphatic heterocycles. The molecule has 0 bridgehead atoms. The first-order chi connectivity index (χ1) is 14.8. The van der Waals surface area contributed by atoms with Gasteiger partial charge in [0, 0.05) is 39.3 Å². The van der Waals surface area contributed by atoms with Crippen molar-refractivity contribution in [1.29, 1.82) is 0 Å². The van der Waals surface area contributed by atoms with Crippen molar-refractivity contribution in [3.63, 3.8) is 0 Å². The second-order valence-electron chi connectivity index (χ2n) is 8.69. The Morgan fingerprint density at radius 3 is 2.48 bits per heavy atom. The van der Waals surface area contributed by atoms with E-state index in [9.17, 15) is 5.11 Å². The largest absolute Gasteiger partial charge is 0.396 e. The average Bonchev–Trinajstić information content (AvgIpc) is 2.80. The highest BCUT2D eigenvalue weighted by atomic mass is 127. The molecule has 6 nitrogen and oxygen atoms in total. The number of aliphatic hydroxyl groups excluding tert-OH is 1. The topological polar surface area (TPSA) is 69.1 Å². The molecule has 2 fully saturated rings. The van der Waals surface area contributed by atoms with Gasteiger partial charge in [-0.2, -0.15) is 0 Å². The van der Waals surface area contributed by atoms with Gasteiger partial charge in [-0.25, -0.2) is 0 Å². The first kappa shape index (κ1) is 26.4. The second-order valence-corrected chi connectivity index (χ2v) is 8.69. The predicted octanol–water partition coefficient (Wildman–Crippen LogP) is 3.57. The number of guanidine groups is 1. The highest BCUT2D eigenvalue weighted by molar-refractivity contribution is 14.0. The van der Waals surface area contributed by atoms with E-state index >= 15 is 0 Å². The summed E-state index contributed by atoms with van der Waals surface area (Å²) in [7, 11) is 0. The first-order valence-electron chi connectivity index (χ1n) is 11.8. The summed E-state index contributed by atoms with van der Waals surface area (Å²) in [6.45, 7) is 8.29. The third-order valence-corrected chi connectivity index (χ3v) is 6.61. The Bertz CT molecular complexity index is 626. The fraction of sp³-hybridized carbons (Fsp3) is 0.708. The molecule has 1 atom stereocenters. The molecule has 1 saturated heterocycles. The molecule has 1 aromatic carbocycles. The summed E-state index contributed by atoms with van der Waals surface area (Å²) in [5.74, 6) is 0.884. The summed E-state index contributed by atoms with van der Waals surface area (Å²) >= 11 is 0. The normalized spacial score (nSPS) is 20.5. The minimum Gasteiger partial charge on any atom is -0.396 e. The zero-order valence-corrected chi connectivity index (χ0v) is 21.4. The van der Waals surface area contributed by atoms with Crippen molar-refractivity contribution in [2.24, 2.45) is 10.4 Å². The maximum absolute atomic E-state index is 9.60. The molecular weight excluding hydrogens is 503 g/mol. The van der Waals surface area contributed by atoms with Crippen molar-refractivity contribution in [3.05, 3.63) is 35.9 Å². The van der Waals surface area contributed by atoms with E-state index in [4.69, 9.17) is 9.73 Å². The van der Waals surface area contributed by atoms with Crippen molar-refractivity contribution >= 4 is 29.9 Å². The lowest BCUT2D eigenvalue weighted by atomic mass is 9.72. The lowest BCUT2D eigenvalue weighted by Gasteiger charge is -2.36. The minimum atomic E-state index is 0. The Morgan fingerprint density at radius 2 is 1.84 bits per heavy atom. The number of halogens is 1. The van der Waals surface area contributed by atoms with Crippen molar-refractivity contribution in [2.45, 2.75) is 51.5 Å². The van der Waals surface area contributed by atoms with E-state index < -0.39 is 0 Å². The van der Waals surface area contributed by atoms with Crippen LogP contribution in [0.2, 0.25) is 0 Å². The number of nitrogens with zero attached hydrogens (tertiary/aromatic N) is 2. The molecule has 176 valence electrons. The lowest BCUT2D eigenvalue weighted by Crippen LogP contribution is -2.46. The average molecular weight is 545 g/mol. The number of morpholine rings is 1. The molecule has 3 rings (SSSR count).